The number of carbonyl (C=O) groups excluding carboxylic acids is 1. The lowest BCUT2D eigenvalue weighted by atomic mass is 10.1. The van der Waals surface area contributed by atoms with Gasteiger partial charge in [-0.05, 0) is 52.5 Å². The molecule has 1 saturated heterocycles. The maximum atomic E-state index is 13.1. The predicted octanol–water partition coefficient (Wildman–Crippen LogP) is 5.18. The third kappa shape index (κ3) is 5.84. The average Bonchev–Trinajstić information content (AvgIpc) is 3.50. The quantitative estimate of drug-likeness (QED) is 0.282. The molecule has 1 aliphatic heterocycles. The van der Waals surface area contributed by atoms with E-state index in [4.69, 9.17) is 9.47 Å². The minimum atomic E-state index is -3.93. The number of methoxy groups -OCH3 is 1. The van der Waals surface area contributed by atoms with Gasteiger partial charge in [-0.2, -0.15) is 8.42 Å². The number of nitrogens with zero attached hydrogens (tertiary/aromatic N) is 2. The predicted molar refractivity (Wildman–Crippen MR) is 140 cm³/mol. The van der Waals surface area contributed by atoms with Crippen molar-refractivity contribution in [2.45, 2.75) is 10.8 Å². The molecule has 180 valence electrons. The van der Waals surface area contributed by atoms with E-state index < -0.39 is 10.0 Å². The van der Waals surface area contributed by atoms with Crippen LogP contribution in [0.3, 0.4) is 0 Å². The van der Waals surface area contributed by atoms with Crippen molar-refractivity contribution >= 4 is 50.3 Å². The third-order valence-electron chi connectivity index (χ3n) is 4.87. The van der Waals surface area contributed by atoms with E-state index in [-0.39, 0.29) is 21.8 Å². The van der Waals surface area contributed by atoms with Gasteiger partial charge in [0.25, 0.3) is 15.9 Å². The van der Waals surface area contributed by atoms with Gasteiger partial charge in [-0.3, -0.25) is 9.69 Å². The van der Waals surface area contributed by atoms with Gasteiger partial charge >= 0.3 is 0 Å². The van der Waals surface area contributed by atoms with Gasteiger partial charge in [0, 0.05) is 6.54 Å². The minimum absolute atomic E-state index is 0.0867. The van der Waals surface area contributed by atoms with Crippen LogP contribution in [0.25, 0.3) is 6.08 Å². The number of thiophene rings is 1. The molecule has 1 aliphatic rings. The molecule has 1 aromatic heterocycles. The van der Waals surface area contributed by atoms with Crippen LogP contribution in [0.1, 0.15) is 11.1 Å². The van der Waals surface area contributed by atoms with E-state index in [9.17, 15) is 13.2 Å². The fraction of sp³-hybridized carbons (Fsp3) is 0.120. The summed E-state index contributed by atoms with van der Waals surface area (Å²) in [6.45, 7) is 4.16. The summed E-state index contributed by atoms with van der Waals surface area (Å²) >= 11 is 2.08. The van der Waals surface area contributed by atoms with Gasteiger partial charge in [0.1, 0.15) is 10.8 Å². The van der Waals surface area contributed by atoms with Crippen molar-refractivity contribution in [3.8, 4) is 11.5 Å². The Labute approximate surface area is 212 Å². The SMILES string of the molecule is C=CCN1C(=O)/C(=C/c2ccc(OC)c(OCc3ccccc3)c2)SC1=NS(=O)(=O)c1cccs1. The fourth-order valence-electron chi connectivity index (χ4n) is 3.21. The number of amides is 1. The first-order valence-corrected chi connectivity index (χ1v) is 13.6. The molecule has 0 atom stereocenters. The number of benzene rings is 2. The highest BCUT2D eigenvalue weighted by atomic mass is 32.2. The molecule has 0 unspecified atom stereocenters. The van der Waals surface area contributed by atoms with Crippen LogP contribution in [0.4, 0.5) is 0 Å². The Morgan fingerprint density at radius 3 is 2.57 bits per heavy atom. The Morgan fingerprint density at radius 1 is 1.09 bits per heavy atom. The normalized spacial score (nSPS) is 16.1. The van der Waals surface area contributed by atoms with Crippen LogP contribution in [-0.2, 0) is 21.4 Å². The molecular weight excluding hydrogens is 504 g/mol. The highest BCUT2D eigenvalue weighted by Gasteiger charge is 2.34. The number of rotatable bonds is 9. The van der Waals surface area contributed by atoms with Gasteiger partial charge in [0.2, 0.25) is 0 Å². The Bertz CT molecular complexity index is 1380. The largest absolute Gasteiger partial charge is 0.493 e. The Balaban J connectivity index is 1.62. The van der Waals surface area contributed by atoms with Gasteiger partial charge in [-0.1, -0.05) is 48.5 Å². The first-order chi connectivity index (χ1) is 16.9. The zero-order valence-corrected chi connectivity index (χ0v) is 21.2. The average molecular weight is 527 g/mol. The summed E-state index contributed by atoms with van der Waals surface area (Å²) in [5.41, 5.74) is 1.71. The molecule has 3 aromatic rings. The fourth-order valence-corrected chi connectivity index (χ4v) is 6.37. The number of thioether (sulfide) groups is 1. The van der Waals surface area contributed by atoms with Crippen molar-refractivity contribution in [2.75, 3.05) is 13.7 Å². The maximum Gasteiger partial charge on any atom is 0.294 e. The summed E-state index contributed by atoms with van der Waals surface area (Å²) in [5.74, 6) is 0.738. The summed E-state index contributed by atoms with van der Waals surface area (Å²) < 4.78 is 40.8. The lowest BCUT2D eigenvalue weighted by molar-refractivity contribution is -0.121. The molecule has 7 nitrogen and oxygen atoms in total. The van der Waals surface area contributed by atoms with E-state index in [0.29, 0.717) is 28.6 Å². The molecule has 2 heterocycles. The van der Waals surface area contributed by atoms with Crippen LogP contribution in [0, 0.1) is 0 Å². The topological polar surface area (TPSA) is 85.3 Å². The van der Waals surface area contributed by atoms with Gasteiger partial charge < -0.3 is 9.47 Å². The first-order valence-electron chi connectivity index (χ1n) is 10.5. The molecule has 10 heteroatoms. The van der Waals surface area contributed by atoms with Gasteiger partial charge in [0.05, 0.1) is 12.0 Å². The maximum absolute atomic E-state index is 13.1. The Kier molecular flexibility index (Phi) is 7.74. The van der Waals surface area contributed by atoms with Crippen LogP contribution < -0.4 is 9.47 Å². The lowest BCUT2D eigenvalue weighted by Crippen LogP contribution is -2.29. The molecule has 2 aromatic carbocycles. The summed E-state index contributed by atoms with van der Waals surface area (Å²) in [5, 5.41) is 1.75. The van der Waals surface area contributed by atoms with Crippen LogP contribution in [0.15, 0.2) is 92.2 Å². The Morgan fingerprint density at radius 2 is 1.89 bits per heavy atom. The monoisotopic (exact) mass is 526 g/mol. The second-order valence-electron chi connectivity index (χ2n) is 7.28. The second-order valence-corrected chi connectivity index (χ2v) is 11.1. The number of hydrogen-bond donors (Lipinski definition) is 0. The summed E-state index contributed by atoms with van der Waals surface area (Å²) in [6, 6.07) is 18.2. The molecule has 0 saturated carbocycles. The third-order valence-corrected chi connectivity index (χ3v) is 8.63. The van der Waals surface area contributed by atoms with E-state index in [1.807, 2.05) is 30.3 Å². The summed E-state index contributed by atoms with van der Waals surface area (Å²) in [4.78, 5) is 14.7. The van der Waals surface area contributed by atoms with Crippen LogP contribution in [-0.4, -0.2) is 38.0 Å². The molecule has 4 rings (SSSR count). The number of hydrogen-bond acceptors (Lipinski definition) is 7. The van der Waals surface area contributed by atoms with Crippen molar-refractivity contribution in [3.05, 3.63) is 94.7 Å². The molecule has 0 aliphatic carbocycles. The van der Waals surface area contributed by atoms with E-state index in [0.717, 1.165) is 28.7 Å². The zero-order valence-electron chi connectivity index (χ0n) is 18.8. The van der Waals surface area contributed by atoms with Gasteiger partial charge in [0.15, 0.2) is 16.7 Å². The van der Waals surface area contributed by atoms with Crippen molar-refractivity contribution in [1.29, 1.82) is 0 Å². The van der Waals surface area contributed by atoms with Crippen LogP contribution >= 0.6 is 23.1 Å². The summed E-state index contributed by atoms with van der Waals surface area (Å²) in [7, 11) is -2.37. The van der Waals surface area contributed by atoms with Crippen molar-refractivity contribution in [2.24, 2.45) is 4.40 Å². The standard InChI is InChI=1S/C25H22N2O5S3/c1-3-13-27-24(28)22(34-25(27)26-35(29,30)23-10-7-14-33-23)16-19-11-12-20(31-2)21(15-19)32-17-18-8-5-4-6-9-18/h3-12,14-16H,1,13,17H2,2H3/b22-16-,26-25?. The van der Waals surface area contributed by atoms with Gasteiger partial charge in [-0.25, -0.2) is 0 Å². The zero-order chi connectivity index (χ0) is 24.8. The molecule has 0 spiro atoms. The number of ether oxygens (including phenoxy) is 2. The summed E-state index contributed by atoms with van der Waals surface area (Å²) in [6.07, 6.45) is 3.20. The van der Waals surface area contributed by atoms with E-state index in [1.54, 1.807) is 42.8 Å². The van der Waals surface area contributed by atoms with Crippen molar-refractivity contribution in [3.63, 3.8) is 0 Å². The van der Waals surface area contributed by atoms with E-state index >= 15 is 0 Å². The Hall–Kier alpha value is -3.34. The lowest BCUT2D eigenvalue weighted by Gasteiger charge is -2.12. The van der Waals surface area contributed by atoms with E-state index in [1.165, 1.54) is 17.0 Å². The highest BCUT2D eigenvalue weighted by Crippen LogP contribution is 2.36. The number of carbonyl (C=O) groups is 1. The van der Waals surface area contributed by atoms with E-state index in [2.05, 4.69) is 11.0 Å². The molecule has 0 bridgehead atoms. The first kappa shape index (κ1) is 24.8. The van der Waals surface area contributed by atoms with Crippen molar-refractivity contribution < 1.29 is 22.7 Å². The smallest absolute Gasteiger partial charge is 0.294 e. The number of sulfonamides is 1. The van der Waals surface area contributed by atoms with Gasteiger partial charge in [-0.15, -0.1) is 22.3 Å². The molecule has 0 radical (unpaired) electrons. The minimum Gasteiger partial charge on any atom is -0.493 e. The highest BCUT2D eigenvalue weighted by molar-refractivity contribution is 8.19. The van der Waals surface area contributed by atoms with Crippen LogP contribution in [0.5, 0.6) is 11.5 Å². The second kappa shape index (κ2) is 10.9. The molecule has 1 amide bonds. The molecular formula is C25H22N2O5S3. The van der Waals surface area contributed by atoms with Crippen molar-refractivity contribution in [1.82, 2.24) is 4.90 Å². The number of amidine groups is 1. The van der Waals surface area contributed by atoms with Crippen LogP contribution in [0.2, 0.25) is 0 Å². The molecule has 1 fully saturated rings. The molecule has 35 heavy (non-hydrogen) atoms. The molecule has 0 N–H and O–H groups in total.